The van der Waals surface area contributed by atoms with Crippen LogP contribution in [0.1, 0.15) is 31.9 Å². The van der Waals surface area contributed by atoms with Crippen molar-refractivity contribution in [2.75, 3.05) is 10.8 Å². The van der Waals surface area contributed by atoms with E-state index < -0.39 is 28.5 Å². The summed E-state index contributed by atoms with van der Waals surface area (Å²) in [6.07, 6.45) is 0. The lowest BCUT2D eigenvalue weighted by Gasteiger charge is -2.32. The molecule has 0 aliphatic carbocycles. The van der Waals surface area contributed by atoms with Crippen molar-refractivity contribution in [1.29, 1.82) is 0 Å². The Hall–Kier alpha value is -3.07. The summed E-state index contributed by atoms with van der Waals surface area (Å²) in [5, 5.41) is 3.70. The molecule has 0 radical (unpaired) electrons. The van der Waals surface area contributed by atoms with Crippen molar-refractivity contribution in [3.05, 3.63) is 94.0 Å². The molecule has 0 bridgehead atoms. The van der Waals surface area contributed by atoms with Crippen LogP contribution in [0.5, 0.6) is 0 Å². The van der Waals surface area contributed by atoms with Crippen molar-refractivity contribution in [2.24, 2.45) is 0 Å². The summed E-state index contributed by atoms with van der Waals surface area (Å²) in [6.45, 7) is 6.58. The molecular weight excluding hydrogens is 545 g/mol. The van der Waals surface area contributed by atoms with E-state index in [9.17, 15) is 18.0 Å². The molecule has 0 saturated carbocycles. The van der Waals surface area contributed by atoms with Gasteiger partial charge in [-0.25, -0.2) is 8.42 Å². The minimum absolute atomic E-state index is 0.00931. The average Bonchev–Trinajstić information content (AvgIpc) is 2.85. The molecule has 2 amide bonds. The molecule has 1 N–H and O–H groups in total. The third-order valence-electron chi connectivity index (χ3n) is 5.90. The number of carbonyl (C=O) groups excluding carboxylic acids is 2. The number of benzene rings is 3. The Morgan fingerprint density at radius 3 is 2.16 bits per heavy atom. The van der Waals surface area contributed by atoms with Crippen LogP contribution in [-0.4, -0.2) is 43.8 Å². The van der Waals surface area contributed by atoms with Crippen molar-refractivity contribution >= 4 is 50.7 Å². The topological polar surface area (TPSA) is 86.8 Å². The van der Waals surface area contributed by atoms with Gasteiger partial charge in [0.1, 0.15) is 12.6 Å². The second kappa shape index (κ2) is 12.7. The molecule has 202 valence electrons. The average molecular weight is 577 g/mol. The summed E-state index contributed by atoms with van der Waals surface area (Å²) in [5.41, 5.74) is 1.74. The number of para-hydroxylation sites is 1. The Labute approximate surface area is 234 Å². The number of amides is 2. The van der Waals surface area contributed by atoms with Crippen LogP contribution in [-0.2, 0) is 26.2 Å². The van der Waals surface area contributed by atoms with Gasteiger partial charge in [0.15, 0.2) is 0 Å². The summed E-state index contributed by atoms with van der Waals surface area (Å²) >= 11 is 12.1. The number of anilines is 1. The van der Waals surface area contributed by atoms with Gasteiger partial charge in [-0.2, -0.15) is 0 Å². The molecule has 0 aromatic heterocycles. The summed E-state index contributed by atoms with van der Waals surface area (Å²) < 4.78 is 28.7. The van der Waals surface area contributed by atoms with Gasteiger partial charge in [-0.05, 0) is 81.3 Å². The van der Waals surface area contributed by atoms with Gasteiger partial charge < -0.3 is 10.2 Å². The van der Waals surface area contributed by atoms with Crippen molar-refractivity contribution in [3.63, 3.8) is 0 Å². The maximum Gasteiger partial charge on any atom is 0.264 e. The lowest BCUT2D eigenvalue weighted by Crippen LogP contribution is -2.52. The molecule has 0 saturated heterocycles. The van der Waals surface area contributed by atoms with Gasteiger partial charge in [0.25, 0.3) is 10.0 Å². The Balaban J connectivity index is 2.05. The predicted molar refractivity (Wildman–Crippen MR) is 152 cm³/mol. The third kappa shape index (κ3) is 7.28. The van der Waals surface area contributed by atoms with E-state index in [2.05, 4.69) is 5.32 Å². The smallest absolute Gasteiger partial charge is 0.264 e. The quantitative estimate of drug-likeness (QED) is 0.348. The second-order valence-corrected chi connectivity index (χ2v) is 12.0. The highest BCUT2D eigenvalue weighted by Crippen LogP contribution is 2.28. The fourth-order valence-corrected chi connectivity index (χ4v) is 5.73. The SMILES string of the molecule is Cc1ccccc1N(CC(=O)N(Cc1cccc(Cl)c1)[C@H](C)C(=O)NC(C)C)S(=O)(=O)c1ccc(Cl)cc1. The zero-order valence-corrected chi connectivity index (χ0v) is 24.0. The number of rotatable bonds is 10. The van der Waals surface area contributed by atoms with E-state index >= 15 is 0 Å². The minimum atomic E-state index is -4.16. The van der Waals surface area contributed by atoms with Crippen LogP contribution in [0.3, 0.4) is 0 Å². The molecule has 0 aliphatic heterocycles. The van der Waals surface area contributed by atoms with Crippen LogP contribution >= 0.6 is 23.2 Å². The maximum absolute atomic E-state index is 13.9. The molecule has 3 rings (SSSR count). The van der Waals surface area contributed by atoms with Crippen LogP contribution in [0.15, 0.2) is 77.7 Å². The highest BCUT2D eigenvalue weighted by atomic mass is 35.5. The lowest BCUT2D eigenvalue weighted by molar-refractivity contribution is -0.139. The summed E-state index contributed by atoms with van der Waals surface area (Å²) in [6, 6.07) is 18.6. The van der Waals surface area contributed by atoms with E-state index in [0.29, 0.717) is 26.9 Å². The van der Waals surface area contributed by atoms with Crippen molar-refractivity contribution in [1.82, 2.24) is 10.2 Å². The molecule has 38 heavy (non-hydrogen) atoms. The molecule has 0 aliphatic rings. The number of hydrogen-bond acceptors (Lipinski definition) is 4. The zero-order valence-electron chi connectivity index (χ0n) is 21.7. The monoisotopic (exact) mass is 575 g/mol. The molecule has 0 unspecified atom stereocenters. The van der Waals surface area contributed by atoms with E-state index in [1.807, 2.05) is 13.8 Å². The second-order valence-electron chi connectivity index (χ2n) is 9.24. The van der Waals surface area contributed by atoms with Crippen LogP contribution in [0.4, 0.5) is 5.69 Å². The first-order valence-corrected chi connectivity index (χ1v) is 14.3. The van der Waals surface area contributed by atoms with E-state index in [1.54, 1.807) is 62.4 Å². The van der Waals surface area contributed by atoms with Crippen LogP contribution < -0.4 is 9.62 Å². The first-order valence-electron chi connectivity index (χ1n) is 12.1. The molecule has 1 atom stereocenters. The van der Waals surface area contributed by atoms with Gasteiger partial charge in [-0.15, -0.1) is 0 Å². The minimum Gasteiger partial charge on any atom is -0.352 e. The maximum atomic E-state index is 13.9. The molecular formula is C28H31Cl2N3O4S. The molecule has 3 aromatic carbocycles. The van der Waals surface area contributed by atoms with Gasteiger partial charge in [0.05, 0.1) is 10.6 Å². The number of sulfonamides is 1. The molecule has 10 heteroatoms. The Bertz CT molecular complexity index is 1400. The van der Waals surface area contributed by atoms with Gasteiger partial charge >= 0.3 is 0 Å². The van der Waals surface area contributed by atoms with Crippen LogP contribution in [0.2, 0.25) is 10.0 Å². The van der Waals surface area contributed by atoms with Gasteiger partial charge in [-0.3, -0.25) is 13.9 Å². The molecule has 0 fully saturated rings. The summed E-state index contributed by atoms with van der Waals surface area (Å²) in [5.74, 6) is -0.893. The van der Waals surface area contributed by atoms with Crippen LogP contribution in [0.25, 0.3) is 0 Å². The van der Waals surface area contributed by atoms with Crippen molar-refractivity contribution < 1.29 is 18.0 Å². The van der Waals surface area contributed by atoms with E-state index in [4.69, 9.17) is 23.2 Å². The molecule has 7 nitrogen and oxygen atoms in total. The van der Waals surface area contributed by atoms with Gasteiger partial charge in [-0.1, -0.05) is 53.5 Å². The lowest BCUT2D eigenvalue weighted by atomic mass is 10.1. The number of aryl methyl sites for hydroxylation is 1. The van der Waals surface area contributed by atoms with Gasteiger partial charge in [0, 0.05) is 22.6 Å². The number of halogens is 2. The standard InChI is InChI=1S/C28H31Cl2N3O4S/c1-19(2)31-28(35)21(4)32(17-22-9-7-10-24(30)16-22)27(34)18-33(26-11-6-5-8-20(26)3)38(36,37)25-14-12-23(29)13-15-25/h5-16,19,21H,17-18H2,1-4H3,(H,31,35)/t21-/m1/s1. The fraction of sp³-hybridized carbons (Fsp3) is 0.286. The predicted octanol–water partition coefficient (Wildman–Crippen LogP) is 5.44. The third-order valence-corrected chi connectivity index (χ3v) is 8.17. The number of nitrogens with one attached hydrogen (secondary N) is 1. The Kier molecular flexibility index (Phi) is 9.82. The highest BCUT2D eigenvalue weighted by molar-refractivity contribution is 7.92. The highest BCUT2D eigenvalue weighted by Gasteiger charge is 2.33. The number of carbonyl (C=O) groups is 2. The number of nitrogens with zero attached hydrogens (tertiary/aromatic N) is 2. The Morgan fingerprint density at radius 2 is 1.55 bits per heavy atom. The zero-order chi connectivity index (χ0) is 28.0. The van der Waals surface area contributed by atoms with E-state index in [0.717, 1.165) is 4.31 Å². The van der Waals surface area contributed by atoms with Crippen molar-refractivity contribution in [2.45, 2.75) is 51.2 Å². The van der Waals surface area contributed by atoms with E-state index in [1.165, 1.54) is 29.2 Å². The number of hydrogen-bond donors (Lipinski definition) is 1. The molecule has 3 aromatic rings. The Morgan fingerprint density at radius 1 is 0.895 bits per heavy atom. The first-order chi connectivity index (χ1) is 17.9. The first kappa shape index (κ1) is 29.5. The summed E-state index contributed by atoms with van der Waals surface area (Å²) in [4.78, 5) is 28.2. The van der Waals surface area contributed by atoms with Gasteiger partial charge in [0.2, 0.25) is 11.8 Å². The van der Waals surface area contributed by atoms with E-state index in [-0.39, 0.29) is 23.4 Å². The largest absolute Gasteiger partial charge is 0.352 e. The van der Waals surface area contributed by atoms with Crippen molar-refractivity contribution in [3.8, 4) is 0 Å². The molecule has 0 heterocycles. The summed E-state index contributed by atoms with van der Waals surface area (Å²) in [7, 11) is -4.16. The fourth-order valence-electron chi connectivity index (χ4n) is 3.91. The van der Waals surface area contributed by atoms with Crippen LogP contribution in [0, 0.1) is 6.92 Å². The molecule has 0 spiro atoms. The normalized spacial score (nSPS) is 12.2.